The second-order valence-electron chi connectivity index (χ2n) is 4.54. The zero-order valence-electron chi connectivity index (χ0n) is 9.37. The van der Waals surface area contributed by atoms with Gasteiger partial charge < -0.3 is 5.73 Å². The molecule has 0 spiro atoms. The molecule has 3 heteroatoms. The highest BCUT2D eigenvalue weighted by atomic mass is 14.8. The highest BCUT2D eigenvalue weighted by molar-refractivity contribution is 5.22. The Morgan fingerprint density at radius 3 is 2.47 bits per heavy atom. The predicted octanol–water partition coefficient (Wildman–Crippen LogP) is 1.95. The Balaban J connectivity index is 2.36. The molecule has 1 aromatic heterocycles. The number of aromatic nitrogens is 2. The molecule has 1 fully saturated rings. The van der Waals surface area contributed by atoms with Crippen LogP contribution in [0.2, 0.25) is 0 Å². The van der Waals surface area contributed by atoms with Crippen LogP contribution in [0.25, 0.3) is 0 Å². The lowest BCUT2D eigenvalue weighted by molar-refractivity contribution is 0.291. The number of nitrogens with two attached hydrogens (primary N) is 1. The first kappa shape index (κ1) is 10.6. The van der Waals surface area contributed by atoms with E-state index in [0.717, 1.165) is 11.4 Å². The molecule has 82 valence electrons. The Bertz CT molecular complexity index is 329. The molecule has 0 atom stereocenters. The Labute approximate surface area is 91.1 Å². The van der Waals surface area contributed by atoms with Crippen LogP contribution in [-0.2, 0) is 5.41 Å². The molecule has 1 aliphatic carbocycles. The first-order valence-corrected chi connectivity index (χ1v) is 5.77. The Morgan fingerprint density at radius 1 is 1.20 bits per heavy atom. The van der Waals surface area contributed by atoms with Crippen LogP contribution in [0.1, 0.15) is 43.5 Å². The summed E-state index contributed by atoms with van der Waals surface area (Å²) in [6, 6.07) is 0. The lowest BCUT2D eigenvalue weighted by Crippen LogP contribution is -2.38. The fourth-order valence-electron chi connectivity index (χ4n) is 2.69. The zero-order valence-corrected chi connectivity index (χ0v) is 9.37. The molecule has 0 unspecified atom stereocenters. The summed E-state index contributed by atoms with van der Waals surface area (Å²) in [5.41, 5.74) is 8.26. The molecular formula is C12H19N3. The SMILES string of the molecule is Cc1nccnc1C1(CN)CCCCC1. The zero-order chi connectivity index (χ0) is 10.7. The summed E-state index contributed by atoms with van der Waals surface area (Å²) in [6.45, 7) is 2.74. The molecule has 3 nitrogen and oxygen atoms in total. The van der Waals surface area contributed by atoms with Gasteiger partial charge in [0.25, 0.3) is 0 Å². The number of hydrogen-bond acceptors (Lipinski definition) is 3. The molecule has 0 aromatic carbocycles. The van der Waals surface area contributed by atoms with Crippen molar-refractivity contribution in [2.45, 2.75) is 44.4 Å². The van der Waals surface area contributed by atoms with Gasteiger partial charge in [-0.1, -0.05) is 19.3 Å². The minimum absolute atomic E-state index is 0.108. The Kier molecular flexibility index (Phi) is 3.00. The maximum Gasteiger partial charge on any atom is 0.0690 e. The second kappa shape index (κ2) is 4.27. The summed E-state index contributed by atoms with van der Waals surface area (Å²) >= 11 is 0. The lowest BCUT2D eigenvalue weighted by atomic mass is 9.71. The molecule has 0 radical (unpaired) electrons. The monoisotopic (exact) mass is 205 g/mol. The summed E-state index contributed by atoms with van der Waals surface area (Å²) in [5.74, 6) is 0. The molecule has 1 aromatic rings. The van der Waals surface area contributed by atoms with Gasteiger partial charge in [0.05, 0.1) is 11.4 Å². The maximum absolute atomic E-state index is 5.97. The Morgan fingerprint density at radius 2 is 1.87 bits per heavy atom. The standard InChI is InChI=1S/C12H19N3/c1-10-11(15-8-7-14-10)12(9-13)5-3-2-4-6-12/h7-8H,2-6,9,13H2,1H3. The number of aryl methyl sites for hydroxylation is 1. The minimum Gasteiger partial charge on any atom is -0.330 e. The third-order valence-electron chi connectivity index (χ3n) is 3.58. The van der Waals surface area contributed by atoms with Crippen molar-refractivity contribution in [3.8, 4) is 0 Å². The van der Waals surface area contributed by atoms with Crippen LogP contribution in [0.5, 0.6) is 0 Å². The summed E-state index contributed by atoms with van der Waals surface area (Å²) in [5, 5.41) is 0. The van der Waals surface area contributed by atoms with Crippen molar-refractivity contribution in [1.29, 1.82) is 0 Å². The first-order chi connectivity index (χ1) is 7.28. The third kappa shape index (κ3) is 1.88. The highest BCUT2D eigenvalue weighted by Gasteiger charge is 2.35. The van der Waals surface area contributed by atoms with Gasteiger partial charge >= 0.3 is 0 Å². The molecule has 0 amide bonds. The van der Waals surface area contributed by atoms with Gasteiger partial charge in [0.15, 0.2) is 0 Å². The van der Waals surface area contributed by atoms with Crippen molar-refractivity contribution >= 4 is 0 Å². The summed E-state index contributed by atoms with van der Waals surface area (Å²) < 4.78 is 0. The van der Waals surface area contributed by atoms with Crippen molar-refractivity contribution < 1.29 is 0 Å². The van der Waals surface area contributed by atoms with E-state index in [9.17, 15) is 0 Å². The molecule has 0 aliphatic heterocycles. The van der Waals surface area contributed by atoms with Gasteiger partial charge in [0.2, 0.25) is 0 Å². The highest BCUT2D eigenvalue weighted by Crippen LogP contribution is 2.38. The van der Waals surface area contributed by atoms with E-state index >= 15 is 0 Å². The third-order valence-corrected chi connectivity index (χ3v) is 3.58. The van der Waals surface area contributed by atoms with Gasteiger partial charge in [-0.3, -0.25) is 9.97 Å². The van der Waals surface area contributed by atoms with E-state index in [1.807, 2.05) is 6.92 Å². The van der Waals surface area contributed by atoms with Crippen molar-refractivity contribution in [3.05, 3.63) is 23.8 Å². The molecule has 2 N–H and O–H groups in total. The maximum atomic E-state index is 5.97. The lowest BCUT2D eigenvalue weighted by Gasteiger charge is -2.36. The summed E-state index contributed by atoms with van der Waals surface area (Å²) in [6.07, 6.45) is 9.76. The van der Waals surface area contributed by atoms with Crippen molar-refractivity contribution in [1.82, 2.24) is 9.97 Å². The van der Waals surface area contributed by atoms with Crippen molar-refractivity contribution in [2.75, 3.05) is 6.54 Å². The van der Waals surface area contributed by atoms with Gasteiger partial charge in [-0.15, -0.1) is 0 Å². The van der Waals surface area contributed by atoms with Gasteiger partial charge in [-0.05, 0) is 19.8 Å². The van der Waals surface area contributed by atoms with Crippen LogP contribution < -0.4 is 5.73 Å². The van der Waals surface area contributed by atoms with E-state index < -0.39 is 0 Å². The summed E-state index contributed by atoms with van der Waals surface area (Å²) in [4.78, 5) is 8.83. The van der Waals surface area contributed by atoms with Crippen molar-refractivity contribution in [2.24, 2.45) is 5.73 Å². The molecule has 2 rings (SSSR count). The average molecular weight is 205 g/mol. The molecule has 0 saturated heterocycles. The van der Waals surface area contributed by atoms with E-state index in [-0.39, 0.29) is 5.41 Å². The van der Waals surface area contributed by atoms with E-state index in [0.29, 0.717) is 6.54 Å². The molecule has 1 saturated carbocycles. The largest absolute Gasteiger partial charge is 0.330 e. The number of nitrogens with zero attached hydrogens (tertiary/aromatic N) is 2. The van der Waals surface area contributed by atoms with E-state index in [1.165, 1.54) is 32.1 Å². The fraction of sp³-hybridized carbons (Fsp3) is 0.667. The van der Waals surface area contributed by atoms with Gasteiger partial charge in [0.1, 0.15) is 0 Å². The van der Waals surface area contributed by atoms with Crippen LogP contribution in [0.15, 0.2) is 12.4 Å². The van der Waals surface area contributed by atoms with Crippen molar-refractivity contribution in [3.63, 3.8) is 0 Å². The van der Waals surface area contributed by atoms with Gasteiger partial charge in [-0.25, -0.2) is 0 Å². The first-order valence-electron chi connectivity index (χ1n) is 5.77. The minimum atomic E-state index is 0.108. The number of rotatable bonds is 2. The van der Waals surface area contributed by atoms with Crippen LogP contribution in [0.3, 0.4) is 0 Å². The molecule has 1 aliphatic rings. The predicted molar refractivity (Wildman–Crippen MR) is 60.6 cm³/mol. The van der Waals surface area contributed by atoms with Crippen LogP contribution in [0, 0.1) is 6.92 Å². The molecular weight excluding hydrogens is 186 g/mol. The topological polar surface area (TPSA) is 51.8 Å². The van der Waals surface area contributed by atoms with E-state index in [4.69, 9.17) is 5.73 Å². The molecule has 0 bridgehead atoms. The summed E-state index contributed by atoms with van der Waals surface area (Å²) in [7, 11) is 0. The quantitative estimate of drug-likeness (QED) is 0.802. The van der Waals surface area contributed by atoms with Crippen LogP contribution >= 0.6 is 0 Å². The second-order valence-corrected chi connectivity index (χ2v) is 4.54. The smallest absolute Gasteiger partial charge is 0.0690 e. The van der Waals surface area contributed by atoms with Crippen LogP contribution in [-0.4, -0.2) is 16.5 Å². The van der Waals surface area contributed by atoms with Crippen LogP contribution in [0.4, 0.5) is 0 Å². The van der Waals surface area contributed by atoms with Gasteiger partial charge in [0, 0.05) is 24.4 Å². The normalized spacial score (nSPS) is 20.1. The van der Waals surface area contributed by atoms with Gasteiger partial charge in [-0.2, -0.15) is 0 Å². The Hall–Kier alpha value is -0.960. The molecule has 15 heavy (non-hydrogen) atoms. The fourth-order valence-corrected chi connectivity index (χ4v) is 2.69. The average Bonchev–Trinajstić information content (AvgIpc) is 2.30. The molecule has 1 heterocycles. The van der Waals surface area contributed by atoms with E-state index in [2.05, 4.69) is 9.97 Å². The number of hydrogen-bond donors (Lipinski definition) is 1. The van der Waals surface area contributed by atoms with E-state index in [1.54, 1.807) is 12.4 Å².